The summed E-state index contributed by atoms with van der Waals surface area (Å²) in [5.74, 6) is -0.701. The molecule has 2 amide bonds. The molecule has 0 bridgehead atoms. The molecule has 2 rings (SSSR count). The molecule has 0 saturated heterocycles. The fourth-order valence-electron chi connectivity index (χ4n) is 4.05. The molecule has 0 aliphatic heterocycles. The number of sulfonamides is 1. The number of nitrogens with zero attached hydrogens (tertiary/aromatic N) is 2. The minimum Gasteiger partial charge on any atom is -0.350 e. The fourth-order valence-corrected chi connectivity index (χ4v) is 4.89. The van der Waals surface area contributed by atoms with E-state index in [4.69, 9.17) is 0 Å². The number of aryl methyl sites for hydroxylation is 3. The van der Waals surface area contributed by atoms with Crippen LogP contribution in [-0.4, -0.2) is 49.5 Å². The van der Waals surface area contributed by atoms with E-state index in [1.807, 2.05) is 78.8 Å². The summed E-state index contributed by atoms with van der Waals surface area (Å²) < 4.78 is 26.6. The highest BCUT2D eigenvalue weighted by Gasteiger charge is 2.33. The number of hydrogen-bond donors (Lipinski definition) is 1. The topological polar surface area (TPSA) is 86.8 Å². The maximum absolute atomic E-state index is 13.8. The Labute approximate surface area is 210 Å². The van der Waals surface area contributed by atoms with Gasteiger partial charge in [-0.1, -0.05) is 37.3 Å². The maximum Gasteiger partial charge on any atom is 0.244 e. The van der Waals surface area contributed by atoms with E-state index in [1.165, 1.54) is 4.90 Å². The SMILES string of the molecule is CCC(C(=O)NC(C)(C)C)N(Cc1ccccc1C)C(=O)CN(c1cc(C)cc(C)c1)S(C)(=O)=O. The van der Waals surface area contributed by atoms with Crippen LogP contribution in [0.3, 0.4) is 0 Å². The zero-order valence-corrected chi connectivity index (χ0v) is 23.0. The Balaban J connectivity index is 2.51. The minimum atomic E-state index is -3.76. The lowest BCUT2D eigenvalue weighted by molar-refractivity contribution is -0.141. The van der Waals surface area contributed by atoms with Gasteiger partial charge in [-0.25, -0.2) is 8.42 Å². The average Bonchev–Trinajstić information content (AvgIpc) is 2.70. The number of nitrogens with one attached hydrogen (secondary N) is 1. The molecule has 1 N–H and O–H groups in total. The van der Waals surface area contributed by atoms with E-state index in [9.17, 15) is 18.0 Å². The van der Waals surface area contributed by atoms with Crippen LogP contribution in [0.15, 0.2) is 42.5 Å². The molecule has 35 heavy (non-hydrogen) atoms. The van der Waals surface area contributed by atoms with Crippen LogP contribution in [0.5, 0.6) is 0 Å². The van der Waals surface area contributed by atoms with Gasteiger partial charge in [-0.3, -0.25) is 13.9 Å². The van der Waals surface area contributed by atoms with Gasteiger partial charge in [-0.15, -0.1) is 0 Å². The standard InChI is InChI=1S/C27H39N3O4S/c1-9-24(26(32)28-27(5,6)7)29(17-22-13-11-10-12-21(22)4)25(31)18-30(35(8,33)34)23-15-19(2)14-20(3)16-23/h10-16,24H,9,17-18H2,1-8H3,(H,28,32). The van der Waals surface area contributed by atoms with Gasteiger partial charge in [0.05, 0.1) is 11.9 Å². The van der Waals surface area contributed by atoms with Crippen LogP contribution < -0.4 is 9.62 Å². The van der Waals surface area contributed by atoms with Crippen LogP contribution in [0.2, 0.25) is 0 Å². The lowest BCUT2D eigenvalue weighted by atomic mass is 10.0. The summed E-state index contributed by atoms with van der Waals surface area (Å²) in [6.07, 6.45) is 1.48. The molecule has 192 valence electrons. The number of rotatable bonds is 9. The molecule has 2 aromatic carbocycles. The van der Waals surface area contributed by atoms with Crippen LogP contribution in [0.25, 0.3) is 0 Å². The van der Waals surface area contributed by atoms with Crippen LogP contribution in [0, 0.1) is 20.8 Å². The molecule has 7 nitrogen and oxygen atoms in total. The molecule has 1 unspecified atom stereocenters. The Kier molecular flexibility index (Phi) is 9.11. The number of carbonyl (C=O) groups is 2. The first-order valence-corrected chi connectivity index (χ1v) is 13.7. The maximum atomic E-state index is 13.8. The summed E-state index contributed by atoms with van der Waals surface area (Å²) in [6, 6.07) is 12.4. The van der Waals surface area contributed by atoms with Crippen LogP contribution in [-0.2, 0) is 26.2 Å². The van der Waals surface area contributed by atoms with Crippen LogP contribution in [0.1, 0.15) is 56.4 Å². The summed E-state index contributed by atoms with van der Waals surface area (Å²) in [6.45, 7) is 13.0. The lowest BCUT2D eigenvalue weighted by Crippen LogP contribution is -2.55. The van der Waals surface area contributed by atoms with Crippen molar-refractivity contribution in [2.45, 2.75) is 73.0 Å². The van der Waals surface area contributed by atoms with E-state index in [0.717, 1.165) is 32.8 Å². The van der Waals surface area contributed by atoms with Gasteiger partial charge in [0.2, 0.25) is 21.8 Å². The van der Waals surface area contributed by atoms with Crippen molar-refractivity contribution < 1.29 is 18.0 Å². The van der Waals surface area contributed by atoms with Crippen molar-refractivity contribution in [3.63, 3.8) is 0 Å². The van der Waals surface area contributed by atoms with E-state index in [-0.39, 0.29) is 12.5 Å². The molecule has 2 aromatic rings. The second-order valence-corrected chi connectivity index (χ2v) is 12.1. The van der Waals surface area contributed by atoms with Gasteiger partial charge in [-0.05, 0) is 82.3 Å². The van der Waals surface area contributed by atoms with E-state index in [2.05, 4.69) is 5.32 Å². The Bertz CT molecular complexity index is 1150. The van der Waals surface area contributed by atoms with E-state index >= 15 is 0 Å². The highest BCUT2D eigenvalue weighted by molar-refractivity contribution is 7.92. The number of anilines is 1. The molecular formula is C27H39N3O4S. The summed E-state index contributed by atoms with van der Waals surface area (Å²) in [5.41, 5.74) is 3.65. The molecule has 0 aliphatic rings. The van der Waals surface area contributed by atoms with Gasteiger partial charge in [-0.2, -0.15) is 0 Å². The number of benzene rings is 2. The summed E-state index contributed by atoms with van der Waals surface area (Å²) in [7, 11) is -3.76. The van der Waals surface area contributed by atoms with Crippen molar-refractivity contribution in [3.8, 4) is 0 Å². The van der Waals surface area contributed by atoms with Gasteiger partial charge in [0, 0.05) is 12.1 Å². The molecule has 0 saturated carbocycles. The third-order valence-corrected chi connectivity index (χ3v) is 6.80. The van der Waals surface area contributed by atoms with Crippen molar-refractivity contribution in [3.05, 3.63) is 64.7 Å². The highest BCUT2D eigenvalue weighted by Crippen LogP contribution is 2.23. The van der Waals surface area contributed by atoms with Crippen molar-refractivity contribution in [2.75, 3.05) is 17.1 Å². The molecule has 0 fully saturated rings. The smallest absolute Gasteiger partial charge is 0.244 e. The second kappa shape index (κ2) is 11.2. The zero-order chi connectivity index (χ0) is 26.6. The molecule has 0 aliphatic carbocycles. The molecular weight excluding hydrogens is 462 g/mol. The Hall–Kier alpha value is -2.87. The predicted octanol–water partition coefficient (Wildman–Crippen LogP) is 4.10. The Morgan fingerprint density at radius 3 is 2.06 bits per heavy atom. The lowest BCUT2D eigenvalue weighted by Gasteiger charge is -2.35. The van der Waals surface area contributed by atoms with Gasteiger partial charge >= 0.3 is 0 Å². The largest absolute Gasteiger partial charge is 0.350 e. The van der Waals surface area contributed by atoms with Gasteiger partial charge in [0.25, 0.3) is 0 Å². The average molecular weight is 502 g/mol. The molecule has 8 heteroatoms. The van der Waals surface area contributed by atoms with Crippen molar-refractivity contribution in [2.24, 2.45) is 0 Å². The van der Waals surface area contributed by atoms with E-state index < -0.39 is 34.1 Å². The Morgan fingerprint density at radius 2 is 1.57 bits per heavy atom. The third kappa shape index (κ3) is 8.09. The zero-order valence-electron chi connectivity index (χ0n) is 22.2. The minimum absolute atomic E-state index is 0.200. The molecule has 0 spiro atoms. The molecule has 1 atom stereocenters. The van der Waals surface area contributed by atoms with Crippen LogP contribution >= 0.6 is 0 Å². The van der Waals surface area contributed by atoms with Crippen molar-refractivity contribution >= 4 is 27.5 Å². The van der Waals surface area contributed by atoms with Crippen molar-refractivity contribution in [1.82, 2.24) is 10.2 Å². The summed E-state index contributed by atoms with van der Waals surface area (Å²) >= 11 is 0. The van der Waals surface area contributed by atoms with Crippen LogP contribution in [0.4, 0.5) is 5.69 Å². The monoisotopic (exact) mass is 501 g/mol. The van der Waals surface area contributed by atoms with Gasteiger partial charge in [0.15, 0.2) is 0 Å². The van der Waals surface area contributed by atoms with E-state index in [1.54, 1.807) is 12.1 Å². The molecule has 0 aromatic heterocycles. The fraction of sp³-hybridized carbons (Fsp3) is 0.481. The van der Waals surface area contributed by atoms with E-state index in [0.29, 0.717) is 12.1 Å². The molecule has 0 radical (unpaired) electrons. The first-order valence-electron chi connectivity index (χ1n) is 11.8. The number of carbonyl (C=O) groups excluding carboxylic acids is 2. The predicted molar refractivity (Wildman–Crippen MR) is 142 cm³/mol. The first kappa shape index (κ1) is 28.4. The quantitative estimate of drug-likeness (QED) is 0.560. The summed E-state index contributed by atoms with van der Waals surface area (Å²) in [5, 5.41) is 2.97. The summed E-state index contributed by atoms with van der Waals surface area (Å²) in [4.78, 5) is 28.5. The number of hydrogen-bond acceptors (Lipinski definition) is 4. The molecule has 0 heterocycles. The normalized spacial score (nSPS) is 12.7. The number of amides is 2. The first-order chi connectivity index (χ1) is 16.1. The second-order valence-electron chi connectivity index (χ2n) is 10.2. The third-order valence-electron chi connectivity index (χ3n) is 5.66. The van der Waals surface area contributed by atoms with Gasteiger partial charge < -0.3 is 10.2 Å². The van der Waals surface area contributed by atoms with Crippen molar-refractivity contribution in [1.29, 1.82) is 0 Å². The Morgan fingerprint density at radius 1 is 1.00 bits per heavy atom. The highest BCUT2D eigenvalue weighted by atomic mass is 32.2. The van der Waals surface area contributed by atoms with Gasteiger partial charge in [0.1, 0.15) is 12.6 Å².